The molecule has 0 bridgehead atoms. The minimum absolute atomic E-state index is 0.252. The summed E-state index contributed by atoms with van der Waals surface area (Å²) in [5.41, 5.74) is 2.11. The van der Waals surface area contributed by atoms with Gasteiger partial charge in [0.1, 0.15) is 5.75 Å². The summed E-state index contributed by atoms with van der Waals surface area (Å²) in [6.45, 7) is 7.56. The molecule has 1 saturated heterocycles. The van der Waals surface area contributed by atoms with Crippen molar-refractivity contribution < 1.29 is 9.53 Å². The zero-order chi connectivity index (χ0) is 24.2. The van der Waals surface area contributed by atoms with E-state index in [1.165, 1.54) is 25.7 Å². The fourth-order valence-electron chi connectivity index (χ4n) is 3.85. The summed E-state index contributed by atoms with van der Waals surface area (Å²) in [6, 6.07) is 11.2. The van der Waals surface area contributed by atoms with E-state index in [9.17, 15) is 4.79 Å². The van der Waals surface area contributed by atoms with Gasteiger partial charge in [-0.15, -0.1) is 0 Å². The number of aromatic nitrogens is 1. The minimum atomic E-state index is -0.252. The number of thiocarbonyl (C=S) groups is 1. The molecule has 7 nitrogen and oxygen atoms in total. The van der Waals surface area contributed by atoms with Gasteiger partial charge in [-0.25, -0.2) is 0 Å². The van der Waals surface area contributed by atoms with Gasteiger partial charge < -0.3 is 15.0 Å². The Morgan fingerprint density at radius 1 is 1.06 bits per heavy atom. The van der Waals surface area contributed by atoms with Gasteiger partial charge in [0.15, 0.2) is 5.11 Å². The number of rotatable bonds is 11. The molecule has 34 heavy (non-hydrogen) atoms. The van der Waals surface area contributed by atoms with E-state index in [0.29, 0.717) is 12.1 Å². The molecule has 0 saturated carbocycles. The lowest BCUT2D eigenvalue weighted by Gasteiger charge is -2.32. The number of hydrogen-bond acceptors (Lipinski definition) is 6. The number of amides is 1. The highest BCUT2D eigenvalue weighted by Crippen LogP contribution is 2.17. The standard InChI is InChI=1S/C26H37N5O2S/c1-3-4-5-6-7-19-33-22-12-10-21(11-13-22)28-26(34)29-25(32)23-9-8-14-27-24(23)20-31-17-15-30(2)16-18-31/h8-14H,3-7,15-20H2,1-2H3,(H2,28,29,32,34). The normalized spacial score (nSPS) is 14.5. The Morgan fingerprint density at radius 3 is 2.53 bits per heavy atom. The lowest BCUT2D eigenvalue weighted by molar-refractivity contribution is 0.0973. The quantitative estimate of drug-likeness (QED) is 0.365. The van der Waals surface area contributed by atoms with Crippen molar-refractivity contribution in [2.75, 3.05) is 45.2 Å². The lowest BCUT2D eigenvalue weighted by atomic mass is 10.1. The number of carbonyl (C=O) groups excluding carboxylic acids is 1. The molecule has 2 heterocycles. The highest BCUT2D eigenvalue weighted by molar-refractivity contribution is 7.80. The Morgan fingerprint density at radius 2 is 1.79 bits per heavy atom. The van der Waals surface area contributed by atoms with Crippen molar-refractivity contribution in [2.24, 2.45) is 0 Å². The van der Waals surface area contributed by atoms with Crippen molar-refractivity contribution in [1.82, 2.24) is 20.1 Å². The monoisotopic (exact) mass is 483 g/mol. The number of unbranched alkanes of at least 4 members (excludes halogenated alkanes) is 4. The van der Waals surface area contributed by atoms with E-state index in [4.69, 9.17) is 17.0 Å². The zero-order valence-corrected chi connectivity index (χ0v) is 21.2. The first-order valence-corrected chi connectivity index (χ1v) is 12.7. The van der Waals surface area contributed by atoms with Gasteiger partial charge in [-0.2, -0.15) is 0 Å². The summed E-state index contributed by atoms with van der Waals surface area (Å²) in [6.07, 6.45) is 7.80. The molecule has 1 aliphatic heterocycles. The average molecular weight is 484 g/mol. The van der Waals surface area contributed by atoms with E-state index >= 15 is 0 Å². The summed E-state index contributed by atoms with van der Waals surface area (Å²) < 4.78 is 5.81. The molecular formula is C26H37N5O2S. The summed E-state index contributed by atoms with van der Waals surface area (Å²) in [4.78, 5) is 22.0. The van der Waals surface area contributed by atoms with Gasteiger partial charge in [-0.05, 0) is 62.1 Å². The van der Waals surface area contributed by atoms with Crippen LogP contribution < -0.4 is 15.4 Å². The van der Waals surface area contributed by atoms with Gasteiger partial charge in [0.25, 0.3) is 5.91 Å². The molecule has 1 fully saturated rings. The second-order valence-corrected chi connectivity index (χ2v) is 9.18. The molecule has 184 valence electrons. The van der Waals surface area contributed by atoms with E-state index < -0.39 is 0 Å². The van der Waals surface area contributed by atoms with Crippen LogP contribution in [0.4, 0.5) is 5.69 Å². The van der Waals surface area contributed by atoms with E-state index in [1.807, 2.05) is 24.3 Å². The van der Waals surface area contributed by atoms with Gasteiger partial charge in [-0.1, -0.05) is 32.6 Å². The van der Waals surface area contributed by atoms with Crippen molar-refractivity contribution in [1.29, 1.82) is 0 Å². The smallest absolute Gasteiger partial charge is 0.259 e. The Bertz CT molecular complexity index is 914. The van der Waals surface area contributed by atoms with Crippen molar-refractivity contribution in [2.45, 2.75) is 45.6 Å². The van der Waals surface area contributed by atoms with Crippen molar-refractivity contribution >= 4 is 28.9 Å². The van der Waals surface area contributed by atoms with Gasteiger partial charge in [0.05, 0.1) is 17.9 Å². The first-order chi connectivity index (χ1) is 16.5. The van der Waals surface area contributed by atoms with Crippen LogP contribution in [0, 0.1) is 0 Å². The maximum atomic E-state index is 12.9. The summed E-state index contributed by atoms with van der Waals surface area (Å²) >= 11 is 5.37. The molecule has 8 heteroatoms. The summed E-state index contributed by atoms with van der Waals surface area (Å²) in [5.74, 6) is 0.581. The number of hydrogen-bond donors (Lipinski definition) is 2. The maximum absolute atomic E-state index is 12.9. The molecule has 0 radical (unpaired) electrons. The van der Waals surface area contributed by atoms with Crippen molar-refractivity contribution in [3.05, 3.63) is 53.9 Å². The third kappa shape index (κ3) is 8.66. The third-order valence-corrected chi connectivity index (χ3v) is 6.16. The molecule has 0 aliphatic carbocycles. The SMILES string of the molecule is CCCCCCCOc1ccc(NC(=S)NC(=O)c2cccnc2CN2CCN(C)CC2)cc1. The number of ether oxygens (including phenoxy) is 1. The Hall–Kier alpha value is -2.55. The van der Waals surface area contributed by atoms with Crippen LogP contribution in [-0.4, -0.2) is 65.6 Å². The number of piperazine rings is 1. The highest BCUT2D eigenvalue weighted by atomic mass is 32.1. The first-order valence-electron chi connectivity index (χ1n) is 12.2. The number of benzene rings is 1. The number of nitrogens with zero attached hydrogens (tertiary/aromatic N) is 3. The highest BCUT2D eigenvalue weighted by Gasteiger charge is 2.19. The van der Waals surface area contributed by atoms with Crippen LogP contribution in [-0.2, 0) is 6.54 Å². The predicted octanol–water partition coefficient (Wildman–Crippen LogP) is 4.31. The molecule has 0 unspecified atom stereocenters. The number of carbonyl (C=O) groups is 1. The average Bonchev–Trinajstić information content (AvgIpc) is 2.84. The van der Waals surface area contributed by atoms with E-state index in [2.05, 4.69) is 39.4 Å². The predicted molar refractivity (Wildman–Crippen MR) is 141 cm³/mol. The van der Waals surface area contributed by atoms with Gasteiger partial charge >= 0.3 is 0 Å². The molecule has 1 aliphatic rings. The fourth-order valence-corrected chi connectivity index (χ4v) is 4.06. The van der Waals surface area contributed by atoms with Gasteiger partial charge in [0, 0.05) is 44.6 Å². The van der Waals surface area contributed by atoms with Crippen LogP contribution in [0.15, 0.2) is 42.6 Å². The molecule has 0 atom stereocenters. The first kappa shape index (κ1) is 26.1. The van der Waals surface area contributed by atoms with Crippen LogP contribution in [0.25, 0.3) is 0 Å². The Balaban J connectivity index is 1.46. The number of likely N-dealkylation sites (N-methyl/N-ethyl adjacent to an activating group) is 1. The lowest BCUT2D eigenvalue weighted by Crippen LogP contribution is -2.44. The Labute approximate surface area is 208 Å². The number of anilines is 1. The van der Waals surface area contributed by atoms with E-state index in [1.54, 1.807) is 18.3 Å². The van der Waals surface area contributed by atoms with Crippen molar-refractivity contribution in [3.8, 4) is 5.75 Å². The summed E-state index contributed by atoms with van der Waals surface area (Å²) in [5, 5.41) is 6.11. The molecule has 2 N–H and O–H groups in total. The van der Waals surface area contributed by atoms with Crippen LogP contribution in [0.1, 0.15) is 55.1 Å². The molecular weight excluding hydrogens is 446 g/mol. The Kier molecular flexibility index (Phi) is 10.7. The number of nitrogens with one attached hydrogen (secondary N) is 2. The topological polar surface area (TPSA) is 69.7 Å². The molecule has 1 amide bonds. The molecule has 2 aromatic rings. The molecule has 0 spiro atoms. The van der Waals surface area contributed by atoms with E-state index in [0.717, 1.165) is 56.3 Å². The number of pyridine rings is 1. The second-order valence-electron chi connectivity index (χ2n) is 8.77. The largest absolute Gasteiger partial charge is 0.494 e. The van der Waals surface area contributed by atoms with Crippen LogP contribution in [0.2, 0.25) is 0 Å². The maximum Gasteiger partial charge on any atom is 0.259 e. The van der Waals surface area contributed by atoms with Gasteiger partial charge in [-0.3, -0.25) is 20.0 Å². The van der Waals surface area contributed by atoms with Crippen LogP contribution in [0.5, 0.6) is 5.75 Å². The third-order valence-electron chi connectivity index (χ3n) is 5.96. The van der Waals surface area contributed by atoms with Crippen molar-refractivity contribution in [3.63, 3.8) is 0 Å². The van der Waals surface area contributed by atoms with Crippen LogP contribution >= 0.6 is 12.2 Å². The van der Waals surface area contributed by atoms with Crippen LogP contribution in [0.3, 0.4) is 0 Å². The minimum Gasteiger partial charge on any atom is -0.494 e. The van der Waals surface area contributed by atoms with Gasteiger partial charge in [0.2, 0.25) is 0 Å². The molecule has 1 aromatic heterocycles. The molecule has 1 aromatic carbocycles. The molecule has 3 rings (SSSR count). The summed E-state index contributed by atoms with van der Waals surface area (Å²) in [7, 11) is 2.13. The fraction of sp³-hybridized carbons (Fsp3) is 0.500. The second kappa shape index (κ2) is 14.0. The van der Waals surface area contributed by atoms with E-state index in [-0.39, 0.29) is 11.0 Å². The zero-order valence-electron chi connectivity index (χ0n) is 20.4.